The minimum atomic E-state index is 0.328. The summed E-state index contributed by atoms with van der Waals surface area (Å²) in [6.45, 7) is 0. The number of furan rings is 1. The summed E-state index contributed by atoms with van der Waals surface area (Å²) in [4.78, 5) is 0. The predicted molar refractivity (Wildman–Crippen MR) is 107 cm³/mol. The fourth-order valence-electron chi connectivity index (χ4n) is 4.18. The maximum Gasteiger partial charge on any atom is 0.134 e. The highest BCUT2D eigenvalue weighted by molar-refractivity contribution is 6.26. The van der Waals surface area contributed by atoms with E-state index in [1.165, 1.54) is 10.8 Å². The molecule has 6 rings (SSSR count). The summed E-state index contributed by atoms with van der Waals surface area (Å²) >= 11 is 0. The second kappa shape index (κ2) is 4.77. The first-order chi connectivity index (χ1) is 12.8. The number of rotatable bonds is 1. The van der Waals surface area contributed by atoms with E-state index < -0.39 is 0 Å². The number of phenolic OH excluding ortho intramolecular Hbond substituents is 1. The summed E-state index contributed by atoms with van der Waals surface area (Å²) in [5, 5.41) is 18.3. The molecule has 2 nitrogen and oxygen atoms in total. The lowest BCUT2D eigenvalue weighted by Gasteiger charge is -2.15. The monoisotopic (exact) mass is 334 g/mol. The lowest BCUT2D eigenvalue weighted by Crippen LogP contribution is -1.87. The topological polar surface area (TPSA) is 33.4 Å². The van der Waals surface area contributed by atoms with Crippen LogP contribution in [-0.4, -0.2) is 5.11 Å². The summed E-state index contributed by atoms with van der Waals surface area (Å²) in [5.74, 6) is 0.328. The van der Waals surface area contributed by atoms with E-state index in [4.69, 9.17) is 4.42 Å². The Bertz CT molecular complexity index is 1440. The average molecular weight is 334 g/mol. The molecule has 0 bridgehead atoms. The van der Waals surface area contributed by atoms with Crippen LogP contribution in [0.4, 0.5) is 0 Å². The van der Waals surface area contributed by atoms with Crippen LogP contribution < -0.4 is 0 Å². The van der Waals surface area contributed by atoms with Crippen molar-refractivity contribution in [1.82, 2.24) is 0 Å². The molecule has 0 atom stereocenters. The summed E-state index contributed by atoms with van der Waals surface area (Å²) in [6, 6.07) is 24.8. The first-order valence-corrected chi connectivity index (χ1v) is 8.67. The minimum Gasteiger partial charge on any atom is -0.507 e. The standard InChI is InChI=1S/C24H14O2/c25-21-12-17-3-1-2-15-6-7-19-18(8-9-20(21)24(19)23(15)17)16-5-4-14-10-11-26-22(14)13-16/h1-13,25H. The largest absolute Gasteiger partial charge is 0.507 e. The van der Waals surface area contributed by atoms with Crippen molar-refractivity contribution in [2.24, 2.45) is 0 Å². The molecule has 0 aliphatic carbocycles. The highest BCUT2D eigenvalue weighted by Gasteiger charge is 2.15. The van der Waals surface area contributed by atoms with Gasteiger partial charge in [0.15, 0.2) is 0 Å². The van der Waals surface area contributed by atoms with Gasteiger partial charge in [-0.2, -0.15) is 0 Å². The van der Waals surface area contributed by atoms with Gasteiger partial charge in [0, 0.05) is 16.2 Å². The van der Waals surface area contributed by atoms with Crippen LogP contribution in [0.2, 0.25) is 0 Å². The normalized spacial score (nSPS) is 12.0. The van der Waals surface area contributed by atoms with Gasteiger partial charge in [0.05, 0.1) is 6.26 Å². The van der Waals surface area contributed by atoms with Crippen LogP contribution >= 0.6 is 0 Å². The maximum absolute atomic E-state index is 10.5. The molecule has 1 heterocycles. The van der Waals surface area contributed by atoms with Gasteiger partial charge in [-0.3, -0.25) is 0 Å². The van der Waals surface area contributed by atoms with Gasteiger partial charge in [-0.1, -0.05) is 48.5 Å². The third-order valence-electron chi connectivity index (χ3n) is 5.39. The molecular weight excluding hydrogens is 320 g/mol. The van der Waals surface area contributed by atoms with Crippen molar-refractivity contribution >= 4 is 43.3 Å². The highest BCUT2D eigenvalue weighted by Crippen LogP contribution is 2.42. The van der Waals surface area contributed by atoms with Gasteiger partial charge in [0.2, 0.25) is 0 Å². The Morgan fingerprint density at radius 3 is 2.46 bits per heavy atom. The van der Waals surface area contributed by atoms with E-state index in [9.17, 15) is 5.11 Å². The molecule has 0 radical (unpaired) electrons. The van der Waals surface area contributed by atoms with Gasteiger partial charge in [0.1, 0.15) is 11.3 Å². The van der Waals surface area contributed by atoms with E-state index in [1.54, 1.807) is 6.26 Å². The third-order valence-corrected chi connectivity index (χ3v) is 5.39. The van der Waals surface area contributed by atoms with Crippen LogP contribution in [0.1, 0.15) is 0 Å². The fraction of sp³-hybridized carbons (Fsp3) is 0. The van der Waals surface area contributed by atoms with Crippen molar-refractivity contribution in [2.75, 3.05) is 0 Å². The average Bonchev–Trinajstić information content (AvgIpc) is 3.14. The van der Waals surface area contributed by atoms with Crippen molar-refractivity contribution in [3.63, 3.8) is 0 Å². The molecule has 0 aliphatic heterocycles. The summed E-state index contributed by atoms with van der Waals surface area (Å²) in [7, 11) is 0. The first-order valence-electron chi connectivity index (χ1n) is 8.67. The van der Waals surface area contributed by atoms with Crippen LogP contribution in [0, 0.1) is 0 Å². The molecule has 0 unspecified atom stereocenters. The Hall–Kier alpha value is -3.52. The number of aromatic hydroxyl groups is 1. The van der Waals surface area contributed by atoms with Crippen LogP contribution in [0.3, 0.4) is 0 Å². The van der Waals surface area contributed by atoms with Gasteiger partial charge in [0.25, 0.3) is 0 Å². The third kappa shape index (κ3) is 1.71. The molecule has 2 heteroatoms. The Balaban J connectivity index is 1.79. The van der Waals surface area contributed by atoms with Crippen molar-refractivity contribution in [3.8, 4) is 16.9 Å². The van der Waals surface area contributed by atoms with Crippen LogP contribution in [0.5, 0.6) is 5.75 Å². The number of phenols is 1. The molecule has 6 aromatic rings. The molecule has 0 fully saturated rings. The number of benzene rings is 5. The zero-order valence-electron chi connectivity index (χ0n) is 13.9. The maximum atomic E-state index is 10.5. The molecular formula is C24H14O2. The van der Waals surface area contributed by atoms with Crippen molar-refractivity contribution < 1.29 is 9.52 Å². The van der Waals surface area contributed by atoms with E-state index in [1.807, 2.05) is 24.3 Å². The second-order valence-corrected chi connectivity index (χ2v) is 6.80. The zero-order chi connectivity index (χ0) is 17.3. The molecule has 122 valence electrons. The van der Waals surface area contributed by atoms with Crippen molar-refractivity contribution in [2.45, 2.75) is 0 Å². The zero-order valence-corrected chi connectivity index (χ0v) is 13.9. The molecule has 0 spiro atoms. The molecule has 1 aromatic heterocycles. The van der Waals surface area contributed by atoms with Gasteiger partial charge in [-0.15, -0.1) is 0 Å². The molecule has 0 amide bonds. The number of hydrogen-bond acceptors (Lipinski definition) is 2. The fourth-order valence-corrected chi connectivity index (χ4v) is 4.18. The van der Waals surface area contributed by atoms with Crippen LogP contribution in [-0.2, 0) is 0 Å². The minimum absolute atomic E-state index is 0.328. The van der Waals surface area contributed by atoms with Gasteiger partial charge in [-0.05, 0) is 56.9 Å². The Morgan fingerprint density at radius 2 is 1.50 bits per heavy atom. The van der Waals surface area contributed by atoms with E-state index >= 15 is 0 Å². The molecule has 0 saturated heterocycles. The molecule has 0 saturated carbocycles. The number of fused-ring (bicyclic) bond motifs is 1. The Kier molecular flexibility index (Phi) is 2.52. The van der Waals surface area contributed by atoms with Gasteiger partial charge < -0.3 is 9.52 Å². The predicted octanol–water partition coefficient (Wildman–Crippen LogP) is 6.70. The smallest absolute Gasteiger partial charge is 0.134 e. The molecule has 26 heavy (non-hydrogen) atoms. The van der Waals surface area contributed by atoms with Gasteiger partial charge >= 0.3 is 0 Å². The highest BCUT2D eigenvalue weighted by atomic mass is 16.3. The Labute approximate surface area is 149 Å². The van der Waals surface area contributed by atoms with E-state index in [-0.39, 0.29) is 0 Å². The molecule has 0 aliphatic rings. The van der Waals surface area contributed by atoms with E-state index in [0.717, 1.165) is 43.6 Å². The molecule has 5 aromatic carbocycles. The van der Waals surface area contributed by atoms with E-state index in [2.05, 4.69) is 48.5 Å². The SMILES string of the molecule is Oc1cc2cccc3ccc4c(-c5ccc6ccoc6c5)ccc1c4c32. The van der Waals surface area contributed by atoms with Crippen LogP contribution in [0.15, 0.2) is 83.5 Å². The number of hydrogen-bond donors (Lipinski definition) is 1. The first kappa shape index (κ1) is 13.7. The van der Waals surface area contributed by atoms with Crippen LogP contribution in [0.25, 0.3) is 54.4 Å². The lowest BCUT2D eigenvalue weighted by molar-refractivity contribution is 0.482. The Morgan fingerprint density at radius 1 is 0.654 bits per heavy atom. The van der Waals surface area contributed by atoms with Gasteiger partial charge in [-0.25, -0.2) is 0 Å². The second-order valence-electron chi connectivity index (χ2n) is 6.80. The quantitative estimate of drug-likeness (QED) is 0.339. The van der Waals surface area contributed by atoms with Crippen molar-refractivity contribution in [3.05, 3.63) is 79.1 Å². The van der Waals surface area contributed by atoms with Crippen molar-refractivity contribution in [1.29, 1.82) is 0 Å². The lowest BCUT2D eigenvalue weighted by atomic mass is 9.89. The molecule has 1 N–H and O–H groups in total. The summed E-state index contributed by atoms with van der Waals surface area (Å²) in [5.41, 5.74) is 3.15. The summed E-state index contributed by atoms with van der Waals surface area (Å²) in [6.07, 6.45) is 1.72. The van der Waals surface area contributed by atoms with E-state index in [0.29, 0.717) is 5.75 Å². The summed E-state index contributed by atoms with van der Waals surface area (Å²) < 4.78 is 5.58.